The molecular formula is C17H18N4O. The Morgan fingerprint density at radius 3 is 2.45 bits per heavy atom. The predicted molar refractivity (Wildman–Crippen MR) is 87.4 cm³/mol. The number of para-hydroxylation sites is 1. The molecule has 112 valence electrons. The summed E-state index contributed by atoms with van der Waals surface area (Å²) in [4.78, 5) is 0. The van der Waals surface area contributed by atoms with E-state index in [1.807, 2.05) is 30.3 Å². The van der Waals surface area contributed by atoms with Crippen molar-refractivity contribution < 1.29 is 4.42 Å². The van der Waals surface area contributed by atoms with E-state index in [1.54, 1.807) is 0 Å². The van der Waals surface area contributed by atoms with Gasteiger partial charge in [-0.15, -0.1) is 5.10 Å². The van der Waals surface area contributed by atoms with Gasteiger partial charge in [-0.05, 0) is 31.2 Å². The molecular weight excluding hydrogens is 276 g/mol. The van der Waals surface area contributed by atoms with E-state index in [1.165, 1.54) is 5.56 Å². The molecule has 0 fully saturated rings. The average Bonchev–Trinajstić information content (AvgIpc) is 2.98. The smallest absolute Gasteiger partial charge is 0.320 e. The number of hydrogen-bond acceptors (Lipinski definition) is 5. The van der Waals surface area contributed by atoms with Crippen molar-refractivity contribution in [1.82, 2.24) is 10.2 Å². The lowest BCUT2D eigenvalue weighted by Crippen LogP contribution is -2.04. The van der Waals surface area contributed by atoms with Crippen LogP contribution in [-0.4, -0.2) is 16.7 Å². The van der Waals surface area contributed by atoms with Crippen molar-refractivity contribution in [3.8, 4) is 0 Å². The third-order valence-electron chi connectivity index (χ3n) is 3.21. The molecule has 0 aliphatic carbocycles. The molecule has 5 nitrogen and oxygen atoms in total. The molecule has 1 heterocycles. The van der Waals surface area contributed by atoms with Gasteiger partial charge in [0.05, 0.1) is 0 Å². The number of nitrogens with zero attached hydrogens (tertiary/aromatic N) is 2. The zero-order valence-electron chi connectivity index (χ0n) is 12.4. The summed E-state index contributed by atoms with van der Waals surface area (Å²) < 4.78 is 5.57. The maximum atomic E-state index is 5.57. The van der Waals surface area contributed by atoms with Gasteiger partial charge in [-0.25, -0.2) is 0 Å². The Hall–Kier alpha value is -2.82. The molecule has 3 aromatic rings. The minimum absolute atomic E-state index is 0.413. The van der Waals surface area contributed by atoms with Gasteiger partial charge in [-0.1, -0.05) is 41.0 Å². The van der Waals surface area contributed by atoms with Crippen LogP contribution in [0.4, 0.5) is 17.4 Å². The molecule has 0 atom stereocenters. The molecule has 0 amide bonds. The maximum Gasteiger partial charge on any atom is 0.320 e. The number of benzene rings is 2. The monoisotopic (exact) mass is 294 g/mol. The number of nitrogens with one attached hydrogen (secondary N) is 2. The number of aromatic nitrogens is 2. The van der Waals surface area contributed by atoms with Crippen LogP contribution in [0.2, 0.25) is 0 Å². The zero-order chi connectivity index (χ0) is 15.2. The SMILES string of the molecule is Cc1ccc(NCCc2nnc(Nc3ccccc3)o2)cc1. The lowest BCUT2D eigenvalue weighted by Gasteiger charge is -2.04. The fourth-order valence-corrected chi connectivity index (χ4v) is 2.04. The molecule has 2 aromatic carbocycles. The second-order valence-corrected chi connectivity index (χ2v) is 5.03. The van der Waals surface area contributed by atoms with Gasteiger partial charge in [0.25, 0.3) is 0 Å². The maximum absolute atomic E-state index is 5.57. The van der Waals surface area contributed by atoms with Crippen LogP contribution in [-0.2, 0) is 6.42 Å². The lowest BCUT2D eigenvalue weighted by molar-refractivity contribution is 0.512. The van der Waals surface area contributed by atoms with Crippen LogP contribution in [0.5, 0.6) is 0 Å². The third kappa shape index (κ3) is 3.85. The highest BCUT2D eigenvalue weighted by Gasteiger charge is 2.05. The summed E-state index contributed by atoms with van der Waals surface area (Å²) in [6.45, 7) is 2.82. The number of hydrogen-bond donors (Lipinski definition) is 2. The Kier molecular flexibility index (Phi) is 4.34. The summed E-state index contributed by atoms with van der Waals surface area (Å²) >= 11 is 0. The Bertz CT molecular complexity index is 707. The van der Waals surface area contributed by atoms with Gasteiger partial charge in [0, 0.05) is 24.3 Å². The van der Waals surface area contributed by atoms with Crippen molar-refractivity contribution in [3.05, 3.63) is 66.1 Å². The quantitative estimate of drug-likeness (QED) is 0.724. The molecule has 0 unspecified atom stereocenters. The Morgan fingerprint density at radius 2 is 1.68 bits per heavy atom. The van der Waals surface area contributed by atoms with E-state index < -0.39 is 0 Å². The summed E-state index contributed by atoms with van der Waals surface area (Å²) in [5.74, 6) is 0.609. The van der Waals surface area contributed by atoms with Gasteiger partial charge >= 0.3 is 6.01 Å². The van der Waals surface area contributed by atoms with Crippen LogP contribution in [0.1, 0.15) is 11.5 Å². The summed E-state index contributed by atoms with van der Waals surface area (Å²) in [6.07, 6.45) is 0.678. The topological polar surface area (TPSA) is 63.0 Å². The zero-order valence-corrected chi connectivity index (χ0v) is 12.4. The largest absolute Gasteiger partial charge is 0.408 e. The molecule has 0 bridgehead atoms. The van der Waals surface area contributed by atoms with Gasteiger partial charge in [-0.3, -0.25) is 0 Å². The van der Waals surface area contributed by atoms with E-state index in [0.29, 0.717) is 18.3 Å². The summed E-state index contributed by atoms with van der Waals surface area (Å²) in [5, 5.41) is 14.4. The minimum atomic E-state index is 0.413. The van der Waals surface area contributed by atoms with Gasteiger partial charge < -0.3 is 15.1 Å². The van der Waals surface area contributed by atoms with E-state index in [2.05, 4.69) is 52.0 Å². The molecule has 0 saturated heterocycles. The fourth-order valence-electron chi connectivity index (χ4n) is 2.04. The normalized spacial score (nSPS) is 10.4. The van der Waals surface area contributed by atoms with E-state index in [0.717, 1.165) is 17.9 Å². The second-order valence-electron chi connectivity index (χ2n) is 5.03. The standard InChI is InChI=1S/C17H18N4O/c1-13-7-9-14(10-8-13)18-12-11-16-20-21-17(22-16)19-15-5-3-2-4-6-15/h2-10,18H,11-12H2,1H3,(H,19,21). The molecule has 22 heavy (non-hydrogen) atoms. The van der Waals surface area contributed by atoms with Gasteiger partial charge in [0.2, 0.25) is 5.89 Å². The van der Waals surface area contributed by atoms with Gasteiger partial charge in [0.1, 0.15) is 0 Å². The number of aryl methyl sites for hydroxylation is 1. The summed E-state index contributed by atoms with van der Waals surface area (Å²) in [5.41, 5.74) is 3.27. The van der Waals surface area contributed by atoms with Crippen LogP contribution in [0.15, 0.2) is 59.0 Å². The van der Waals surface area contributed by atoms with Crippen LogP contribution in [0.3, 0.4) is 0 Å². The molecule has 5 heteroatoms. The first kappa shape index (κ1) is 14.1. The van der Waals surface area contributed by atoms with Crippen molar-refractivity contribution in [2.75, 3.05) is 17.2 Å². The molecule has 3 rings (SSSR count). The van der Waals surface area contributed by atoms with E-state index in [4.69, 9.17) is 4.42 Å². The van der Waals surface area contributed by atoms with Crippen molar-refractivity contribution in [1.29, 1.82) is 0 Å². The molecule has 1 aromatic heterocycles. The highest BCUT2D eigenvalue weighted by atomic mass is 16.4. The first-order valence-corrected chi connectivity index (χ1v) is 7.24. The van der Waals surface area contributed by atoms with E-state index in [-0.39, 0.29) is 0 Å². The highest BCUT2D eigenvalue weighted by molar-refractivity contribution is 5.51. The fraction of sp³-hybridized carbons (Fsp3) is 0.176. The van der Waals surface area contributed by atoms with Crippen LogP contribution >= 0.6 is 0 Å². The van der Waals surface area contributed by atoms with Crippen molar-refractivity contribution in [3.63, 3.8) is 0 Å². The molecule has 2 N–H and O–H groups in total. The third-order valence-corrected chi connectivity index (χ3v) is 3.21. The van der Waals surface area contributed by atoms with Crippen LogP contribution < -0.4 is 10.6 Å². The highest BCUT2D eigenvalue weighted by Crippen LogP contribution is 2.15. The summed E-state index contributed by atoms with van der Waals surface area (Å²) in [6, 6.07) is 18.4. The van der Waals surface area contributed by atoms with E-state index >= 15 is 0 Å². The second kappa shape index (κ2) is 6.76. The Labute approximate surface area is 129 Å². The van der Waals surface area contributed by atoms with Crippen LogP contribution in [0, 0.1) is 6.92 Å². The predicted octanol–water partition coefficient (Wildman–Crippen LogP) is 3.78. The van der Waals surface area contributed by atoms with Crippen LogP contribution in [0.25, 0.3) is 0 Å². The number of anilines is 3. The number of rotatable bonds is 6. The Balaban J connectivity index is 1.50. The first-order valence-electron chi connectivity index (χ1n) is 7.24. The average molecular weight is 294 g/mol. The summed E-state index contributed by atoms with van der Waals surface area (Å²) in [7, 11) is 0. The molecule has 0 spiro atoms. The van der Waals surface area contributed by atoms with Gasteiger partial charge in [0.15, 0.2) is 0 Å². The van der Waals surface area contributed by atoms with Crippen molar-refractivity contribution in [2.24, 2.45) is 0 Å². The minimum Gasteiger partial charge on any atom is -0.408 e. The van der Waals surface area contributed by atoms with Gasteiger partial charge in [-0.2, -0.15) is 0 Å². The van der Waals surface area contributed by atoms with Crippen molar-refractivity contribution >= 4 is 17.4 Å². The first-order chi connectivity index (χ1) is 10.8. The molecule has 0 aliphatic heterocycles. The lowest BCUT2D eigenvalue weighted by atomic mass is 10.2. The molecule has 0 radical (unpaired) electrons. The molecule has 0 aliphatic rings. The van der Waals surface area contributed by atoms with Crippen molar-refractivity contribution in [2.45, 2.75) is 13.3 Å². The Morgan fingerprint density at radius 1 is 0.909 bits per heavy atom. The molecule has 0 saturated carbocycles. The van der Waals surface area contributed by atoms with E-state index in [9.17, 15) is 0 Å².